The second-order valence-corrected chi connectivity index (χ2v) is 9.20. The lowest BCUT2D eigenvalue weighted by atomic mass is 9.98. The van der Waals surface area contributed by atoms with E-state index in [0.29, 0.717) is 31.8 Å². The first-order valence-corrected chi connectivity index (χ1v) is 13.3. The molecule has 0 saturated carbocycles. The smallest absolute Gasteiger partial charge is 0.385 e. The van der Waals surface area contributed by atoms with Crippen LogP contribution < -0.4 is 15.1 Å². The van der Waals surface area contributed by atoms with Crippen molar-refractivity contribution < 1.29 is 27.5 Å². The molecular formula is C27H45F3N4O3. The number of nitrogens with one attached hydrogen (secondary N) is 1. The summed E-state index contributed by atoms with van der Waals surface area (Å²) in [6, 6.07) is 1.80. The van der Waals surface area contributed by atoms with Crippen molar-refractivity contribution in [3.05, 3.63) is 23.3 Å². The molecule has 1 saturated heterocycles. The largest absolute Gasteiger partial charge is 0.417 e. The number of piperidine rings is 1. The van der Waals surface area contributed by atoms with Crippen LogP contribution in [0.3, 0.4) is 0 Å². The molecule has 0 aromatic heterocycles. The van der Waals surface area contributed by atoms with Crippen molar-refractivity contribution in [1.29, 1.82) is 0 Å². The van der Waals surface area contributed by atoms with Gasteiger partial charge in [-0.15, -0.1) is 0 Å². The quantitative estimate of drug-likeness (QED) is 0.298. The van der Waals surface area contributed by atoms with Crippen LogP contribution in [0.4, 0.5) is 24.5 Å². The number of unbranched alkanes of at least 4 members (excludes halogenated alkanes) is 1. The number of amides is 2. The van der Waals surface area contributed by atoms with E-state index in [-0.39, 0.29) is 29.9 Å². The van der Waals surface area contributed by atoms with Crippen LogP contribution in [0.5, 0.6) is 0 Å². The van der Waals surface area contributed by atoms with Crippen LogP contribution in [0.25, 0.3) is 0 Å². The molecule has 1 N–H and O–H groups in total. The highest BCUT2D eigenvalue weighted by Gasteiger charge is 2.40. The maximum atomic E-state index is 14.3. The number of anilines is 2. The zero-order valence-electron chi connectivity index (χ0n) is 23.5. The number of hydrogen-bond donors (Lipinski definition) is 1. The summed E-state index contributed by atoms with van der Waals surface area (Å²) in [6.45, 7) is 12.0. The predicted octanol–water partition coefficient (Wildman–Crippen LogP) is 5.18. The number of nitrogens with zero attached hydrogens (tertiary/aromatic N) is 3. The van der Waals surface area contributed by atoms with E-state index in [4.69, 9.17) is 4.74 Å². The summed E-state index contributed by atoms with van der Waals surface area (Å²) in [7, 11) is 3.37. The molecule has 2 rings (SSSR count). The number of carbonyl (C=O) groups excluding carboxylic acids is 2. The van der Waals surface area contributed by atoms with Crippen molar-refractivity contribution in [2.45, 2.75) is 78.6 Å². The number of carbonyl (C=O) groups is 2. The average molecular weight is 531 g/mol. The molecule has 0 aliphatic carbocycles. The second kappa shape index (κ2) is 15.8. The van der Waals surface area contributed by atoms with E-state index in [1.54, 1.807) is 30.9 Å². The maximum Gasteiger partial charge on any atom is 0.417 e. The Bertz CT molecular complexity index is 843. The Morgan fingerprint density at radius 2 is 1.89 bits per heavy atom. The van der Waals surface area contributed by atoms with Gasteiger partial charge in [-0.1, -0.05) is 13.8 Å². The minimum Gasteiger partial charge on any atom is -0.385 e. The van der Waals surface area contributed by atoms with Crippen LogP contribution >= 0.6 is 0 Å². The molecule has 1 aromatic carbocycles. The Hall–Kier alpha value is -2.33. The van der Waals surface area contributed by atoms with Crippen LogP contribution in [-0.4, -0.2) is 76.2 Å². The van der Waals surface area contributed by atoms with Gasteiger partial charge in [0, 0.05) is 52.5 Å². The molecule has 212 valence electrons. The minimum atomic E-state index is -4.76. The fraction of sp³-hybridized carbons (Fsp3) is 0.704. The molecule has 1 aliphatic rings. The lowest BCUT2D eigenvalue weighted by Gasteiger charge is -2.38. The zero-order valence-corrected chi connectivity index (χ0v) is 23.5. The van der Waals surface area contributed by atoms with Crippen LogP contribution in [0.2, 0.25) is 0 Å². The standard InChI is InChI=1S/C25H39F3N4O3.C2H6/c1-6-31(17-33)23-15-21(25(26,27)28)20(14-22(23)30(4)12-7-8-13-35-5)24(34)32(18(2)3)19-10-9-11-29-16-19;1-2/h14-15,17-19,29H,6-13,16H2,1-5H3;1-2H3/t19-;/m1./s1. The summed E-state index contributed by atoms with van der Waals surface area (Å²) in [6.07, 6.45) is -1.13. The predicted molar refractivity (Wildman–Crippen MR) is 143 cm³/mol. The fourth-order valence-electron chi connectivity index (χ4n) is 4.57. The SMILES string of the molecule is CC.CCN(C=O)c1cc(C(F)(F)F)c(C(=O)N(C(C)C)[C@@H]2CCCNC2)cc1N(C)CCCCOC. The summed E-state index contributed by atoms with van der Waals surface area (Å²) < 4.78 is 47.9. The lowest BCUT2D eigenvalue weighted by Crippen LogP contribution is -2.52. The van der Waals surface area contributed by atoms with E-state index in [9.17, 15) is 22.8 Å². The number of hydrogen-bond acceptors (Lipinski definition) is 5. The van der Waals surface area contributed by atoms with Gasteiger partial charge in [0.1, 0.15) is 0 Å². The van der Waals surface area contributed by atoms with Crippen molar-refractivity contribution in [2.24, 2.45) is 0 Å². The number of benzene rings is 1. The van der Waals surface area contributed by atoms with Crippen molar-refractivity contribution in [3.8, 4) is 0 Å². The van der Waals surface area contributed by atoms with Crippen LogP contribution in [0, 0.1) is 0 Å². The molecule has 0 radical (unpaired) electrons. The number of halogens is 3. The number of methoxy groups -OCH3 is 1. The van der Waals surface area contributed by atoms with Crippen LogP contribution in [0.15, 0.2) is 12.1 Å². The van der Waals surface area contributed by atoms with Crippen LogP contribution in [0.1, 0.15) is 76.2 Å². The summed E-state index contributed by atoms with van der Waals surface area (Å²) in [5, 5.41) is 3.24. The molecule has 7 nitrogen and oxygen atoms in total. The van der Waals surface area contributed by atoms with Gasteiger partial charge in [-0.05, 0) is 65.1 Å². The molecule has 0 bridgehead atoms. The summed E-state index contributed by atoms with van der Waals surface area (Å²) in [5.41, 5.74) is -0.862. The third-order valence-corrected chi connectivity index (χ3v) is 6.39. The molecule has 1 heterocycles. The summed E-state index contributed by atoms with van der Waals surface area (Å²) in [5.74, 6) is -0.643. The second-order valence-electron chi connectivity index (χ2n) is 9.20. The van der Waals surface area contributed by atoms with E-state index < -0.39 is 17.6 Å². The van der Waals surface area contributed by atoms with Crippen LogP contribution in [-0.2, 0) is 15.7 Å². The van der Waals surface area contributed by atoms with Gasteiger partial charge < -0.3 is 24.8 Å². The summed E-state index contributed by atoms with van der Waals surface area (Å²) in [4.78, 5) is 30.0. The first-order chi connectivity index (χ1) is 17.6. The minimum absolute atomic E-state index is 0.135. The average Bonchev–Trinajstić information content (AvgIpc) is 2.88. The van der Waals surface area contributed by atoms with Gasteiger partial charge >= 0.3 is 6.18 Å². The van der Waals surface area contributed by atoms with Gasteiger partial charge in [-0.25, -0.2) is 0 Å². The van der Waals surface area contributed by atoms with Crippen molar-refractivity contribution >= 4 is 23.7 Å². The normalized spacial score (nSPS) is 15.6. The van der Waals surface area contributed by atoms with Gasteiger partial charge in [-0.2, -0.15) is 13.2 Å². The van der Waals surface area contributed by atoms with E-state index in [1.165, 1.54) is 11.0 Å². The third-order valence-electron chi connectivity index (χ3n) is 6.39. The highest BCUT2D eigenvalue weighted by molar-refractivity contribution is 5.99. The molecule has 1 aromatic rings. The Morgan fingerprint density at radius 3 is 2.38 bits per heavy atom. The van der Waals surface area contributed by atoms with Gasteiger partial charge in [0.2, 0.25) is 6.41 Å². The first-order valence-electron chi connectivity index (χ1n) is 13.3. The van der Waals surface area contributed by atoms with Crippen molar-refractivity contribution in [2.75, 3.05) is 56.7 Å². The topological polar surface area (TPSA) is 65.1 Å². The Labute approximate surface area is 220 Å². The number of ether oxygens (including phenoxy) is 1. The zero-order chi connectivity index (χ0) is 28.2. The fourth-order valence-corrected chi connectivity index (χ4v) is 4.57. The Kier molecular flexibility index (Phi) is 14.0. The molecule has 2 amide bonds. The van der Waals surface area contributed by atoms with E-state index >= 15 is 0 Å². The lowest BCUT2D eigenvalue weighted by molar-refractivity contribution is -0.138. The van der Waals surface area contributed by atoms with Gasteiger partial charge in [0.05, 0.1) is 22.5 Å². The molecule has 1 aliphatic heterocycles. The number of rotatable bonds is 12. The van der Waals surface area contributed by atoms with Gasteiger partial charge in [0.25, 0.3) is 5.91 Å². The third kappa shape index (κ3) is 8.88. The van der Waals surface area contributed by atoms with E-state index in [0.717, 1.165) is 38.3 Å². The first kappa shape index (κ1) is 32.7. The van der Waals surface area contributed by atoms with Crippen molar-refractivity contribution in [1.82, 2.24) is 10.2 Å². The molecule has 0 spiro atoms. The van der Waals surface area contributed by atoms with E-state index in [2.05, 4.69) is 5.32 Å². The summed E-state index contributed by atoms with van der Waals surface area (Å²) >= 11 is 0. The van der Waals surface area contributed by atoms with Gasteiger partial charge in [-0.3, -0.25) is 9.59 Å². The van der Waals surface area contributed by atoms with E-state index in [1.807, 2.05) is 27.7 Å². The number of alkyl halides is 3. The molecule has 1 fully saturated rings. The highest BCUT2D eigenvalue weighted by atomic mass is 19.4. The molecule has 10 heteroatoms. The maximum absolute atomic E-state index is 14.3. The van der Waals surface area contributed by atoms with Gasteiger partial charge in [0.15, 0.2) is 0 Å². The Morgan fingerprint density at radius 1 is 1.22 bits per heavy atom. The van der Waals surface area contributed by atoms with Crippen molar-refractivity contribution in [3.63, 3.8) is 0 Å². The molecule has 37 heavy (non-hydrogen) atoms. The molecule has 0 unspecified atom stereocenters. The Balaban J connectivity index is 0.00000334. The molecule has 1 atom stereocenters. The molecular weight excluding hydrogens is 485 g/mol. The monoisotopic (exact) mass is 530 g/mol. The highest BCUT2D eigenvalue weighted by Crippen LogP contribution is 2.40.